The summed E-state index contributed by atoms with van der Waals surface area (Å²) in [7, 11) is 0. The third-order valence-electron chi connectivity index (χ3n) is 4.26. The first-order chi connectivity index (χ1) is 9.36. The normalized spacial score (nSPS) is 25.4. The molecule has 3 unspecified atom stereocenters. The fraction of sp³-hybridized carbons (Fsp3) is 0.933. The Balaban J connectivity index is 2.28. The topological polar surface area (TPSA) is 84.6 Å². The summed E-state index contributed by atoms with van der Waals surface area (Å²) in [5.74, 6) is 0.190. The molecule has 20 heavy (non-hydrogen) atoms. The second kappa shape index (κ2) is 7.96. The summed E-state index contributed by atoms with van der Waals surface area (Å²) in [6, 6.07) is 0. The fourth-order valence-electron chi connectivity index (χ4n) is 2.61. The predicted octanol–water partition coefficient (Wildman–Crippen LogP) is 1.19. The van der Waals surface area contributed by atoms with Crippen LogP contribution in [-0.2, 0) is 9.53 Å². The van der Waals surface area contributed by atoms with Crippen LogP contribution in [0.1, 0.15) is 52.9 Å². The highest BCUT2D eigenvalue weighted by atomic mass is 16.5. The molecule has 0 aromatic rings. The van der Waals surface area contributed by atoms with Crippen molar-refractivity contribution < 1.29 is 14.6 Å². The zero-order chi connectivity index (χ0) is 15.2. The standard InChI is InChI=1S/C15H30N2O3/c1-4-11-7-5-6-8-13(11)20-10-12(18)9-17-15(2,3)14(16)19/h11-13,17-18H,4-10H2,1-3H3,(H2,16,19). The summed E-state index contributed by atoms with van der Waals surface area (Å²) in [5.41, 5.74) is 4.46. The molecule has 3 atom stereocenters. The van der Waals surface area contributed by atoms with Crippen molar-refractivity contribution in [1.29, 1.82) is 0 Å². The van der Waals surface area contributed by atoms with E-state index in [1.54, 1.807) is 13.8 Å². The number of hydrogen-bond acceptors (Lipinski definition) is 4. The van der Waals surface area contributed by atoms with Gasteiger partial charge in [0, 0.05) is 6.54 Å². The summed E-state index contributed by atoms with van der Waals surface area (Å²) in [6.45, 7) is 6.22. The summed E-state index contributed by atoms with van der Waals surface area (Å²) in [5, 5.41) is 12.9. The molecule has 1 saturated carbocycles. The average Bonchev–Trinajstić information content (AvgIpc) is 2.43. The van der Waals surface area contributed by atoms with Gasteiger partial charge < -0.3 is 20.9 Å². The van der Waals surface area contributed by atoms with Crippen LogP contribution in [0.2, 0.25) is 0 Å². The maximum absolute atomic E-state index is 11.2. The van der Waals surface area contributed by atoms with Crippen LogP contribution in [0.25, 0.3) is 0 Å². The predicted molar refractivity (Wildman–Crippen MR) is 79.3 cm³/mol. The summed E-state index contributed by atoms with van der Waals surface area (Å²) in [4.78, 5) is 11.2. The molecule has 0 aromatic carbocycles. The number of nitrogens with two attached hydrogens (primary N) is 1. The van der Waals surface area contributed by atoms with Crippen molar-refractivity contribution in [2.45, 2.75) is 70.6 Å². The summed E-state index contributed by atoms with van der Waals surface area (Å²) in [6.07, 6.45) is 5.60. The van der Waals surface area contributed by atoms with Crippen molar-refractivity contribution >= 4 is 5.91 Å². The molecule has 118 valence electrons. The van der Waals surface area contributed by atoms with Gasteiger partial charge in [-0.1, -0.05) is 26.2 Å². The van der Waals surface area contributed by atoms with E-state index >= 15 is 0 Å². The van der Waals surface area contributed by atoms with Crippen LogP contribution in [0.5, 0.6) is 0 Å². The van der Waals surface area contributed by atoms with Gasteiger partial charge in [-0.3, -0.25) is 4.79 Å². The lowest BCUT2D eigenvalue weighted by atomic mass is 9.85. The quantitative estimate of drug-likeness (QED) is 0.625. The summed E-state index contributed by atoms with van der Waals surface area (Å²) < 4.78 is 5.87. The molecular weight excluding hydrogens is 256 g/mol. The van der Waals surface area contributed by atoms with Crippen LogP contribution in [0.3, 0.4) is 0 Å². The van der Waals surface area contributed by atoms with Crippen LogP contribution < -0.4 is 11.1 Å². The van der Waals surface area contributed by atoms with E-state index in [0.29, 0.717) is 19.1 Å². The number of aliphatic hydroxyl groups excluding tert-OH is 1. The number of nitrogens with one attached hydrogen (secondary N) is 1. The number of primary amides is 1. The molecule has 1 rings (SSSR count). The first-order valence-corrected chi connectivity index (χ1v) is 7.71. The van der Waals surface area contributed by atoms with Crippen LogP contribution >= 0.6 is 0 Å². The molecule has 0 spiro atoms. The van der Waals surface area contributed by atoms with Gasteiger partial charge in [-0.25, -0.2) is 0 Å². The lowest BCUT2D eigenvalue weighted by Crippen LogP contribution is -2.53. The van der Waals surface area contributed by atoms with Crippen LogP contribution in [0, 0.1) is 5.92 Å². The van der Waals surface area contributed by atoms with Crippen molar-refractivity contribution in [3.05, 3.63) is 0 Å². The number of aliphatic hydroxyl groups is 1. The molecule has 0 bridgehead atoms. The number of carbonyl (C=O) groups excluding carboxylic acids is 1. The van der Waals surface area contributed by atoms with E-state index in [4.69, 9.17) is 10.5 Å². The summed E-state index contributed by atoms with van der Waals surface area (Å²) >= 11 is 0. The third-order valence-corrected chi connectivity index (χ3v) is 4.26. The minimum absolute atomic E-state index is 0.271. The largest absolute Gasteiger partial charge is 0.389 e. The van der Waals surface area contributed by atoms with Gasteiger partial charge in [0.1, 0.15) is 0 Å². The maximum Gasteiger partial charge on any atom is 0.237 e. The second-order valence-electron chi connectivity index (χ2n) is 6.35. The molecule has 1 aliphatic carbocycles. The Bertz CT molecular complexity index is 307. The minimum Gasteiger partial charge on any atom is -0.389 e. The smallest absolute Gasteiger partial charge is 0.237 e. The Morgan fingerprint density at radius 1 is 1.45 bits per heavy atom. The van der Waals surface area contributed by atoms with E-state index in [1.807, 2.05) is 0 Å². The highest BCUT2D eigenvalue weighted by molar-refractivity contribution is 5.83. The molecule has 5 nitrogen and oxygen atoms in total. The molecule has 0 radical (unpaired) electrons. The molecular formula is C15H30N2O3. The van der Waals surface area contributed by atoms with Gasteiger partial charge in [0.25, 0.3) is 0 Å². The molecule has 1 aliphatic rings. The van der Waals surface area contributed by atoms with Crippen molar-refractivity contribution in [2.24, 2.45) is 11.7 Å². The van der Waals surface area contributed by atoms with Crippen LogP contribution in [0.4, 0.5) is 0 Å². The molecule has 0 heterocycles. The van der Waals surface area contributed by atoms with Crippen molar-refractivity contribution in [3.63, 3.8) is 0 Å². The number of rotatable bonds is 8. The Morgan fingerprint density at radius 2 is 2.10 bits per heavy atom. The first kappa shape index (κ1) is 17.4. The maximum atomic E-state index is 11.2. The number of β-amino-alcohol motifs (C(OH)–C–C–N with tert-alkyl or cyclic N) is 1. The van der Waals surface area contributed by atoms with E-state index in [1.165, 1.54) is 19.3 Å². The highest BCUT2D eigenvalue weighted by Crippen LogP contribution is 2.29. The van der Waals surface area contributed by atoms with Gasteiger partial charge in [-0.05, 0) is 32.6 Å². The van der Waals surface area contributed by atoms with E-state index in [0.717, 1.165) is 12.8 Å². The average molecular weight is 286 g/mol. The van der Waals surface area contributed by atoms with E-state index in [2.05, 4.69) is 12.2 Å². The van der Waals surface area contributed by atoms with E-state index < -0.39 is 17.6 Å². The molecule has 4 N–H and O–H groups in total. The highest BCUT2D eigenvalue weighted by Gasteiger charge is 2.27. The Morgan fingerprint density at radius 3 is 2.70 bits per heavy atom. The zero-order valence-corrected chi connectivity index (χ0v) is 13.0. The van der Waals surface area contributed by atoms with Crippen molar-refractivity contribution in [2.75, 3.05) is 13.2 Å². The molecule has 0 aliphatic heterocycles. The second-order valence-corrected chi connectivity index (χ2v) is 6.35. The van der Waals surface area contributed by atoms with Crippen molar-refractivity contribution in [1.82, 2.24) is 5.32 Å². The molecule has 0 saturated heterocycles. The number of ether oxygens (including phenoxy) is 1. The van der Waals surface area contributed by atoms with Crippen LogP contribution in [-0.4, -0.2) is 41.9 Å². The monoisotopic (exact) mass is 286 g/mol. The van der Waals surface area contributed by atoms with Crippen molar-refractivity contribution in [3.8, 4) is 0 Å². The molecule has 5 heteroatoms. The number of carbonyl (C=O) groups is 1. The minimum atomic E-state index is -0.808. The Labute approximate surface area is 122 Å². The lowest BCUT2D eigenvalue weighted by molar-refractivity contribution is -0.123. The van der Waals surface area contributed by atoms with Gasteiger partial charge in [0.2, 0.25) is 5.91 Å². The van der Waals surface area contributed by atoms with Gasteiger partial charge in [0.05, 0.1) is 24.4 Å². The fourth-order valence-corrected chi connectivity index (χ4v) is 2.61. The van der Waals surface area contributed by atoms with Gasteiger partial charge in [-0.2, -0.15) is 0 Å². The first-order valence-electron chi connectivity index (χ1n) is 7.71. The lowest BCUT2D eigenvalue weighted by Gasteiger charge is -2.32. The zero-order valence-electron chi connectivity index (χ0n) is 13.0. The molecule has 1 amide bonds. The van der Waals surface area contributed by atoms with Crippen LogP contribution in [0.15, 0.2) is 0 Å². The van der Waals surface area contributed by atoms with Gasteiger partial charge in [0.15, 0.2) is 0 Å². The molecule has 0 aromatic heterocycles. The Kier molecular flexibility index (Phi) is 6.92. The van der Waals surface area contributed by atoms with E-state index in [-0.39, 0.29) is 6.10 Å². The molecule has 1 fully saturated rings. The number of amides is 1. The van der Waals surface area contributed by atoms with E-state index in [9.17, 15) is 9.90 Å². The van der Waals surface area contributed by atoms with Gasteiger partial charge in [-0.15, -0.1) is 0 Å². The Hall–Kier alpha value is -0.650. The number of hydrogen-bond donors (Lipinski definition) is 3. The SMILES string of the molecule is CCC1CCCCC1OCC(O)CNC(C)(C)C(N)=O. The van der Waals surface area contributed by atoms with Gasteiger partial charge >= 0.3 is 0 Å². The third kappa shape index (κ3) is 5.38.